The first-order valence-corrected chi connectivity index (χ1v) is 9.74. The van der Waals surface area contributed by atoms with E-state index < -0.39 is 11.9 Å². The van der Waals surface area contributed by atoms with Gasteiger partial charge in [-0.25, -0.2) is 4.39 Å². The largest absolute Gasteiger partial charge is 0.381 e. The lowest BCUT2D eigenvalue weighted by Gasteiger charge is -2.28. The minimum Gasteiger partial charge on any atom is -0.381 e. The molecule has 0 bridgehead atoms. The van der Waals surface area contributed by atoms with Crippen LogP contribution < -0.4 is 16.4 Å². The van der Waals surface area contributed by atoms with E-state index in [0.29, 0.717) is 24.5 Å². The summed E-state index contributed by atoms with van der Waals surface area (Å²) in [6.07, 6.45) is 1.59. The zero-order valence-corrected chi connectivity index (χ0v) is 17.6. The highest BCUT2D eigenvalue weighted by Gasteiger charge is 2.27. The highest BCUT2D eigenvalue weighted by molar-refractivity contribution is 6.04. The van der Waals surface area contributed by atoms with Crippen LogP contribution in [0, 0.1) is 11.7 Å². The second-order valence-corrected chi connectivity index (χ2v) is 7.29. The molecule has 1 fully saturated rings. The maximum atomic E-state index is 13.0. The second kappa shape index (κ2) is 11.1. The summed E-state index contributed by atoms with van der Waals surface area (Å²) in [4.78, 5) is 24.7. The van der Waals surface area contributed by atoms with Gasteiger partial charge in [-0.15, -0.1) is 12.4 Å². The van der Waals surface area contributed by atoms with Crippen molar-refractivity contribution in [2.24, 2.45) is 11.7 Å². The zero-order valence-electron chi connectivity index (χ0n) is 16.8. The molecule has 2 amide bonds. The molecule has 0 spiro atoms. The van der Waals surface area contributed by atoms with Crippen molar-refractivity contribution in [1.29, 1.82) is 0 Å². The molecule has 2 unspecified atom stereocenters. The minimum atomic E-state index is -0.546. The Morgan fingerprint density at radius 3 is 2.27 bits per heavy atom. The number of hydrogen-bond donors (Lipinski definition) is 3. The van der Waals surface area contributed by atoms with Crippen molar-refractivity contribution < 1.29 is 18.7 Å². The summed E-state index contributed by atoms with van der Waals surface area (Å²) < 4.78 is 18.3. The van der Waals surface area contributed by atoms with Crippen LogP contribution in [-0.4, -0.2) is 31.1 Å². The maximum Gasteiger partial charge on any atom is 0.255 e. The van der Waals surface area contributed by atoms with Gasteiger partial charge in [0.05, 0.1) is 12.1 Å². The van der Waals surface area contributed by atoms with Gasteiger partial charge < -0.3 is 21.1 Å². The van der Waals surface area contributed by atoms with Crippen LogP contribution in [0.4, 0.5) is 10.1 Å². The van der Waals surface area contributed by atoms with Gasteiger partial charge in [0, 0.05) is 24.5 Å². The molecule has 2 aromatic rings. The molecule has 0 aliphatic carbocycles. The Bertz CT molecular complexity index is 840. The fourth-order valence-corrected chi connectivity index (χ4v) is 3.34. The number of anilines is 1. The highest BCUT2D eigenvalue weighted by Crippen LogP contribution is 2.20. The molecule has 30 heavy (non-hydrogen) atoms. The number of nitrogens with two attached hydrogens (primary N) is 1. The van der Waals surface area contributed by atoms with Gasteiger partial charge in [0.25, 0.3) is 5.91 Å². The van der Waals surface area contributed by atoms with Crippen molar-refractivity contribution in [2.75, 3.05) is 18.5 Å². The van der Waals surface area contributed by atoms with Crippen molar-refractivity contribution in [3.63, 3.8) is 0 Å². The Kier molecular flexibility index (Phi) is 8.77. The monoisotopic (exact) mass is 435 g/mol. The third kappa shape index (κ3) is 6.26. The van der Waals surface area contributed by atoms with Gasteiger partial charge in [0.2, 0.25) is 5.91 Å². The number of benzene rings is 2. The summed E-state index contributed by atoms with van der Waals surface area (Å²) in [6, 6.07) is 11.8. The van der Waals surface area contributed by atoms with E-state index in [1.165, 1.54) is 24.3 Å². The summed E-state index contributed by atoms with van der Waals surface area (Å²) in [5, 5.41) is 5.72. The lowest BCUT2D eigenvalue weighted by molar-refractivity contribution is -0.125. The quantitative estimate of drug-likeness (QED) is 0.648. The van der Waals surface area contributed by atoms with E-state index in [4.69, 9.17) is 10.5 Å². The summed E-state index contributed by atoms with van der Waals surface area (Å²) in [5.41, 5.74) is 8.01. The summed E-state index contributed by atoms with van der Waals surface area (Å²) in [5.74, 6) is -0.738. The molecule has 1 aliphatic rings. The molecule has 2 aromatic carbocycles. The summed E-state index contributed by atoms with van der Waals surface area (Å²) in [7, 11) is 0. The molecule has 8 heteroatoms. The van der Waals surface area contributed by atoms with Crippen LogP contribution in [0.25, 0.3) is 0 Å². The second-order valence-electron chi connectivity index (χ2n) is 7.29. The van der Waals surface area contributed by atoms with E-state index in [1.807, 2.05) is 19.1 Å². The van der Waals surface area contributed by atoms with Crippen LogP contribution in [-0.2, 0) is 9.53 Å². The Labute approximate surface area is 181 Å². The zero-order chi connectivity index (χ0) is 20.8. The average molecular weight is 436 g/mol. The molecule has 4 N–H and O–H groups in total. The number of amides is 2. The number of carbonyl (C=O) groups excluding carboxylic acids is 2. The molecule has 6 nitrogen and oxygen atoms in total. The van der Waals surface area contributed by atoms with Crippen LogP contribution in [0.3, 0.4) is 0 Å². The van der Waals surface area contributed by atoms with E-state index in [1.54, 1.807) is 12.1 Å². The predicted octanol–water partition coefficient (Wildman–Crippen LogP) is 3.43. The van der Waals surface area contributed by atoms with Crippen molar-refractivity contribution in [1.82, 2.24) is 5.32 Å². The number of rotatable bonds is 6. The fraction of sp³-hybridized carbons (Fsp3) is 0.364. The van der Waals surface area contributed by atoms with Gasteiger partial charge in [-0.3, -0.25) is 9.59 Å². The van der Waals surface area contributed by atoms with Crippen molar-refractivity contribution in [3.8, 4) is 0 Å². The standard InChI is InChI=1S/C22H26FN3O3.ClH/c1-14(25-22(28)20(24)16-10-12-29-13-11-16)15-4-8-19(9-5-15)26-21(27)17-2-6-18(23)7-3-17;/h2-9,14,16,20H,10-13,24H2,1H3,(H,25,28)(H,26,27);1H. The minimum absolute atomic E-state index is 0. The molecule has 2 atom stereocenters. The smallest absolute Gasteiger partial charge is 0.255 e. The van der Waals surface area contributed by atoms with Crippen LogP contribution >= 0.6 is 12.4 Å². The van der Waals surface area contributed by atoms with E-state index in [2.05, 4.69) is 10.6 Å². The number of nitrogens with one attached hydrogen (secondary N) is 2. The molecule has 0 saturated carbocycles. The van der Waals surface area contributed by atoms with Gasteiger partial charge in [0.15, 0.2) is 0 Å². The SMILES string of the molecule is CC(NC(=O)C(N)C1CCOCC1)c1ccc(NC(=O)c2ccc(F)cc2)cc1.Cl. The van der Waals surface area contributed by atoms with E-state index in [-0.39, 0.29) is 36.2 Å². The molecule has 3 rings (SSSR count). The third-order valence-electron chi connectivity index (χ3n) is 5.21. The normalized spacial score (nSPS) is 16.1. The Balaban J connectivity index is 0.00000320. The summed E-state index contributed by atoms with van der Waals surface area (Å²) >= 11 is 0. The molecule has 162 valence electrons. The number of carbonyl (C=O) groups is 2. The van der Waals surface area contributed by atoms with Gasteiger partial charge in [-0.1, -0.05) is 12.1 Å². The molecular formula is C22H27ClFN3O3. The molecular weight excluding hydrogens is 409 g/mol. The molecule has 0 aromatic heterocycles. The van der Waals surface area contributed by atoms with Gasteiger partial charge in [-0.05, 0) is 67.6 Å². The molecule has 0 radical (unpaired) electrons. The lowest BCUT2D eigenvalue weighted by Crippen LogP contribution is -2.47. The Morgan fingerprint density at radius 1 is 1.07 bits per heavy atom. The van der Waals surface area contributed by atoms with Crippen molar-refractivity contribution in [2.45, 2.75) is 31.8 Å². The third-order valence-corrected chi connectivity index (χ3v) is 5.21. The molecule has 1 aliphatic heterocycles. The van der Waals surface area contributed by atoms with E-state index in [9.17, 15) is 14.0 Å². The van der Waals surface area contributed by atoms with Crippen molar-refractivity contribution >= 4 is 29.9 Å². The number of hydrogen-bond acceptors (Lipinski definition) is 4. The fourth-order valence-electron chi connectivity index (χ4n) is 3.34. The van der Waals surface area contributed by atoms with Gasteiger partial charge in [0.1, 0.15) is 5.82 Å². The first-order valence-electron chi connectivity index (χ1n) is 9.74. The van der Waals surface area contributed by atoms with E-state index in [0.717, 1.165) is 18.4 Å². The summed E-state index contributed by atoms with van der Waals surface area (Å²) in [6.45, 7) is 3.18. The van der Waals surface area contributed by atoms with E-state index >= 15 is 0 Å². The predicted molar refractivity (Wildman–Crippen MR) is 116 cm³/mol. The lowest BCUT2D eigenvalue weighted by atomic mass is 9.91. The number of ether oxygens (including phenoxy) is 1. The first-order chi connectivity index (χ1) is 13.9. The maximum absolute atomic E-state index is 13.0. The van der Waals surface area contributed by atoms with Crippen LogP contribution in [0.2, 0.25) is 0 Å². The Hall–Kier alpha value is -2.48. The van der Waals surface area contributed by atoms with Crippen molar-refractivity contribution in [3.05, 3.63) is 65.5 Å². The van der Waals surface area contributed by atoms with Crippen LogP contribution in [0.5, 0.6) is 0 Å². The highest BCUT2D eigenvalue weighted by atomic mass is 35.5. The van der Waals surface area contributed by atoms with Gasteiger partial charge in [-0.2, -0.15) is 0 Å². The molecule has 1 saturated heterocycles. The van der Waals surface area contributed by atoms with Crippen LogP contribution in [0.15, 0.2) is 48.5 Å². The Morgan fingerprint density at radius 2 is 1.67 bits per heavy atom. The number of halogens is 2. The first kappa shape index (κ1) is 23.8. The molecule has 1 heterocycles. The average Bonchev–Trinajstić information content (AvgIpc) is 2.74. The van der Waals surface area contributed by atoms with Gasteiger partial charge >= 0.3 is 0 Å². The topological polar surface area (TPSA) is 93.5 Å². The van der Waals surface area contributed by atoms with Crippen LogP contribution in [0.1, 0.15) is 41.7 Å².